The number of carbonyl (C=O) groups excluding carboxylic acids is 3. The molecule has 4 rings (SSSR count). The lowest BCUT2D eigenvalue weighted by molar-refractivity contribution is -0.138. The average molecular weight is 736 g/mol. The fraction of sp³-hybridized carbons (Fsp3) is 0.312. The number of amides is 3. The molecule has 226 valence electrons. The molecule has 0 fully saturated rings. The van der Waals surface area contributed by atoms with E-state index in [1.54, 1.807) is 70.5 Å². The number of halogens is 3. The molecule has 1 aliphatic rings. The van der Waals surface area contributed by atoms with E-state index in [9.17, 15) is 19.2 Å². The third kappa shape index (κ3) is 7.33. The number of fused-ring (bicyclic) bond motifs is 1. The SMILES string of the molecule is CCN(CC)C(=O)C(c1ccc(Cl)cc1)N1C(=O)c2cc(I)ccc2N(CCCCC(=O)O)C(=O)C1c1ccc(Cl)cc1. The highest BCUT2D eigenvalue weighted by molar-refractivity contribution is 14.1. The van der Waals surface area contributed by atoms with Gasteiger partial charge in [-0.15, -0.1) is 0 Å². The Labute approximate surface area is 274 Å². The van der Waals surface area contributed by atoms with Gasteiger partial charge in [-0.1, -0.05) is 47.5 Å². The molecule has 2 atom stereocenters. The van der Waals surface area contributed by atoms with E-state index in [1.165, 1.54) is 4.90 Å². The summed E-state index contributed by atoms with van der Waals surface area (Å²) in [5.74, 6) is -2.12. The number of unbranched alkanes of at least 4 members (excludes halogenated alkanes) is 1. The van der Waals surface area contributed by atoms with E-state index in [-0.39, 0.29) is 24.4 Å². The van der Waals surface area contributed by atoms with Crippen LogP contribution in [0.4, 0.5) is 5.69 Å². The highest BCUT2D eigenvalue weighted by atomic mass is 127. The summed E-state index contributed by atoms with van der Waals surface area (Å²) in [6.45, 7) is 4.74. The molecule has 0 saturated carbocycles. The van der Waals surface area contributed by atoms with Gasteiger partial charge in [-0.25, -0.2) is 0 Å². The largest absolute Gasteiger partial charge is 0.481 e. The van der Waals surface area contributed by atoms with Crippen LogP contribution in [0.15, 0.2) is 66.7 Å². The van der Waals surface area contributed by atoms with E-state index in [1.807, 2.05) is 19.9 Å². The number of aliphatic carboxylic acids is 1. The van der Waals surface area contributed by atoms with Crippen LogP contribution >= 0.6 is 45.8 Å². The summed E-state index contributed by atoms with van der Waals surface area (Å²) < 4.78 is 0.783. The van der Waals surface area contributed by atoms with Crippen LogP contribution in [0.2, 0.25) is 10.0 Å². The van der Waals surface area contributed by atoms with Crippen molar-refractivity contribution >= 4 is 75.2 Å². The van der Waals surface area contributed by atoms with E-state index in [0.717, 1.165) is 3.57 Å². The lowest BCUT2D eigenvalue weighted by Gasteiger charge is -2.38. The molecule has 43 heavy (non-hydrogen) atoms. The monoisotopic (exact) mass is 735 g/mol. The first-order valence-corrected chi connectivity index (χ1v) is 15.9. The van der Waals surface area contributed by atoms with Crippen LogP contribution in [0.3, 0.4) is 0 Å². The highest BCUT2D eigenvalue weighted by Crippen LogP contribution is 2.41. The molecule has 11 heteroatoms. The maximum absolute atomic E-state index is 14.8. The second-order valence-corrected chi connectivity index (χ2v) is 12.3. The van der Waals surface area contributed by atoms with E-state index in [4.69, 9.17) is 28.3 Å². The lowest BCUT2D eigenvalue weighted by atomic mass is 9.96. The number of rotatable bonds is 11. The summed E-state index contributed by atoms with van der Waals surface area (Å²) in [6, 6.07) is 16.3. The van der Waals surface area contributed by atoms with Gasteiger partial charge in [0.05, 0.1) is 11.3 Å². The first-order valence-electron chi connectivity index (χ1n) is 14.0. The van der Waals surface area contributed by atoms with Crippen molar-refractivity contribution in [2.75, 3.05) is 24.5 Å². The molecule has 0 spiro atoms. The summed E-state index contributed by atoms with van der Waals surface area (Å²) in [4.78, 5) is 59.6. The minimum atomic E-state index is -1.19. The zero-order chi connectivity index (χ0) is 31.3. The summed E-state index contributed by atoms with van der Waals surface area (Å²) in [5, 5.41) is 10.1. The van der Waals surface area contributed by atoms with Gasteiger partial charge in [0, 0.05) is 39.7 Å². The van der Waals surface area contributed by atoms with E-state index in [0.29, 0.717) is 52.8 Å². The number of anilines is 1. The van der Waals surface area contributed by atoms with Crippen LogP contribution in [0.5, 0.6) is 0 Å². The van der Waals surface area contributed by atoms with Crippen LogP contribution < -0.4 is 4.90 Å². The van der Waals surface area contributed by atoms with E-state index in [2.05, 4.69) is 22.6 Å². The van der Waals surface area contributed by atoms with E-state index >= 15 is 0 Å². The van der Waals surface area contributed by atoms with Gasteiger partial charge in [0.1, 0.15) is 12.1 Å². The van der Waals surface area contributed by atoms with Gasteiger partial charge < -0.3 is 19.8 Å². The number of hydrogen-bond donors (Lipinski definition) is 1. The van der Waals surface area contributed by atoms with Crippen molar-refractivity contribution in [3.05, 3.63) is 97.0 Å². The quantitative estimate of drug-likeness (QED) is 0.169. The molecule has 1 heterocycles. The number of benzene rings is 3. The van der Waals surface area contributed by atoms with Crippen molar-refractivity contribution in [3.63, 3.8) is 0 Å². The number of nitrogens with zero attached hydrogens (tertiary/aromatic N) is 3. The Kier molecular flexibility index (Phi) is 11.1. The van der Waals surface area contributed by atoms with E-state index < -0.39 is 29.9 Å². The Morgan fingerprint density at radius 1 is 0.930 bits per heavy atom. The Balaban J connectivity index is 1.97. The van der Waals surface area contributed by atoms with Gasteiger partial charge in [-0.3, -0.25) is 19.2 Å². The molecule has 3 aromatic carbocycles. The van der Waals surface area contributed by atoms with Gasteiger partial charge in [0.25, 0.3) is 11.8 Å². The smallest absolute Gasteiger partial charge is 0.303 e. The first kappa shape index (κ1) is 32.8. The van der Waals surface area contributed by atoms with Crippen molar-refractivity contribution < 1.29 is 24.3 Å². The van der Waals surface area contributed by atoms with Crippen molar-refractivity contribution in [3.8, 4) is 0 Å². The molecule has 3 amide bonds. The standard InChI is InChI=1S/C32H32Cl2IN3O5/c1-3-36(4-2)31(42)28(20-8-12-22(33)13-9-20)38-29(21-10-14-23(34)15-11-21)32(43)37(18-6-5-7-27(39)40)26-17-16-24(35)19-25(26)30(38)41/h8-17,19,28-29H,3-7,18H2,1-2H3,(H,39,40). The molecule has 3 aromatic rings. The fourth-order valence-corrected chi connectivity index (χ4v) is 6.07. The topological polar surface area (TPSA) is 98.2 Å². The predicted octanol–water partition coefficient (Wildman–Crippen LogP) is 6.99. The molecule has 8 nitrogen and oxygen atoms in total. The number of likely N-dealkylation sites (N-methyl/N-ethyl adjacent to an activating group) is 1. The Morgan fingerprint density at radius 3 is 2.12 bits per heavy atom. The summed E-state index contributed by atoms with van der Waals surface area (Å²) in [5.41, 5.74) is 1.70. The Hall–Kier alpha value is -3.15. The van der Waals surface area contributed by atoms with Gasteiger partial charge in [-0.2, -0.15) is 0 Å². The van der Waals surface area contributed by atoms with Crippen LogP contribution in [-0.2, 0) is 14.4 Å². The maximum atomic E-state index is 14.8. The van der Waals surface area contributed by atoms with Crippen molar-refractivity contribution in [1.82, 2.24) is 9.80 Å². The minimum absolute atomic E-state index is 0.0374. The minimum Gasteiger partial charge on any atom is -0.481 e. The number of carboxylic acids is 1. The summed E-state index contributed by atoms with van der Waals surface area (Å²) >= 11 is 14.5. The molecule has 1 aliphatic heterocycles. The van der Waals surface area contributed by atoms with Crippen LogP contribution in [-0.4, -0.2) is 58.2 Å². The second kappa shape index (κ2) is 14.5. The zero-order valence-corrected chi connectivity index (χ0v) is 27.5. The lowest BCUT2D eigenvalue weighted by Crippen LogP contribution is -2.49. The fourth-order valence-electron chi connectivity index (χ4n) is 5.32. The summed E-state index contributed by atoms with van der Waals surface area (Å²) in [6.07, 6.45) is 0.726. The van der Waals surface area contributed by atoms with Crippen LogP contribution in [0, 0.1) is 3.57 Å². The highest BCUT2D eigenvalue weighted by Gasteiger charge is 2.46. The molecule has 0 bridgehead atoms. The third-order valence-corrected chi connectivity index (χ3v) is 8.65. The number of carboxylic acid groups (broad SMARTS) is 1. The summed E-state index contributed by atoms with van der Waals surface area (Å²) in [7, 11) is 0. The average Bonchev–Trinajstić information content (AvgIpc) is 3.06. The molecule has 0 aromatic heterocycles. The normalized spacial score (nSPS) is 15.6. The molecule has 0 radical (unpaired) electrons. The van der Waals surface area contributed by atoms with Crippen molar-refractivity contribution in [2.24, 2.45) is 0 Å². The Morgan fingerprint density at radius 2 is 1.53 bits per heavy atom. The molecule has 0 saturated heterocycles. The Bertz CT molecular complexity index is 1500. The van der Waals surface area contributed by atoms with Gasteiger partial charge >= 0.3 is 5.97 Å². The van der Waals surface area contributed by atoms with Crippen molar-refractivity contribution in [1.29, 1.82) is 0 Å². The van der Waals surface area contributed by atoms with Gasteiger partial charge in [-0.05, 0) is 103 Å². The molecule has 1 N–H and O–H groups in total. The molecular formula is C32H32Cl2IN3O5. The van der Waals surface area contributed by atoms with Crippen LogP contribution in [0.25, 0.3) is 0 Å². The van der Waals surface area contributed by atoms with Crippen molar-refractivity contribution in [2.45, 2.75) is 45.2 Å². The first-order chi connectivity index (χ1) is 20.6. The number of carbonyl (C=O) groups is 4. The van der Waals surface area contributed by atoms with Gasteiger partial charge in [0.15, 0.2) is 0 Å². The maximum Gasteiger partial charge on any atom is 0.303 e. The zero-order valence-electron chi connectivity index (χ0n) is 23.8. The third-order valence-electron chi connectivity index (χ3n) is 7.47. The van der Waals surface area contributed by atoms with Crippen LogP contribution in [0.1, 0.15) is 66.7 Å². The molecule has 0 aliphatic carbocycles. The molecule has 2 unspecified atom stereocenters. The predicted molar refractivity (Wildman–Crippen MR) is 175 cm³/mol. The van der Waals surface area contributed by atoms with Gasteiger partial charge in [0.2, 0.25) is 5.91 Å². The molecular weight excluding hydrogens is 704 g/mol. The number of hydrogen-bond acceptors (Lipinski definition) is 4. The second-order valence-electron chi connectivity index (χ2n) is 10.1.